The monoisotopic (exact) mass is 306 g/mol. The molecule has 0 fully saturated rings. The summed E-state index contributed by atoms with van der Waals surface area (Å²) in [5, 5.41) is 12.6. The van der Waals surface area contributed by atoms with Gasteiger partial charge in [0.1, 0.15) is 6.54 Å². The Morgan fingerprint density at radius 1 is 1.00 bits per heavy atom. The van der Waals surface area contributed by atoms with Crippen LogP contribution in [0.25, 0.3) is 0 Å². The molecule has 0 aliphatic rings. The van der Waals surface area contributed by atoms with Crippen molar-refractivity contribution in [3.05, 3.63) is 71.8 Å². The summed E-state index contributed by atoms with van der Waals surface area (Å²) in [6.07, 6.45) is 5.37. The van der Waals surface area contributed by atoms with Gasteiger partial charge in [-0.3, -0.25) is 0 Å². The number of nitrogens with zero attached hydrogens (tertiary/aromatic N) is 4. The first-order valence-corrected chi connectivity index (χ1v) is 7.72. The Bertz CT molecular complexity index is 723. The van der Waals surface area contributed by atoms with Crippen LogP contribution in [0, 0.1) is 12.3 Å². The fraction of sp³-hybridized carbons (Fsp3) is 0.118. The summed E-state index contributed by atoms with van der Waals surface area (Å²) in [4.78, 5) is 0. The average Bonchev–Trinajstić information content (AvgIpc) is 3.02. The fourth-order valence-corrected chi connectivity index (χ4v) is 3.26. The number of rotatable bonds is 5. The van der Waals surface area contributed by atoms with Gasteiger partial charge in [-0.25, -0.2) is 4.68 Å². The average molecular weight is 306 g/mol. The molecule has 4 nitrogen and oxygen atoms in total. The molecule has 22 heavy (non-hydrogen) atoms. The van der Waals surface area contributed by atoms with Gasteiger partial charge in [0, 0.05) is 0 Å². The number of hydrogen-bond acceptors (Lipinski definition) is 4. The van der Waals surface area contributed by atoms with Crippen LogP contribution in [0.15, 0.2) is 65.8 Å². The van der Waals surface area contributed by atoms with Gasteiger partial charge in [-0.1, -0.05) is 78.3 Å². The third-order valence-corrected chi connectivity index (χ3v) is 4.45. The van der Waals surface area contributed by atoms with Crippen molar-refractivity contribution in [1.29, 1.82) is 0 Å². The molecule has 0 N–H and O–H groups in total. The normalized spacial score (nSPS) is 10.5. The molecule has 0 spiro atoms. The van der Waals surface area contributed by atoms with Crippen LogP contribution < -0.4 is 0 Å². The molecule has 3 rings (SSSR count). The van der Waals surface area contributed by atoms with Gasteiger partial charge in [-0.2, -0.15) is 0 Å². The smallest absolute Gasteiger partial charge is 0.208 e. The summed E-state index contributed by atoms with van der Waals surface area (Å²) in [7, 11) is 0. The first kappa shape index (κ1) is 14.4. The van der Waals surface area contributed by atoms with Crippen LogP contribution in [0.5, 0.6) is 0 Å². The molecule has 3 aromatic rings. The Morgan fingerprint density at radius 3 is 2.14 bits per heavy atom. The Morgan fingerprint density at radius 2 is 1.59 bits per heavy atom. The highest BCUT2D eigenvalue weighted by Crippen LogP contribution is 2.39. The lowest BCUT2D eigenvalue weighted by atomic mass is 10.0. The van der Waals surface area contributed by atoms with E-state index in [-0.39, 0.29) is 5.25 Å². The quantitative estimate of drug-likeness (QED) is 0.536. The maximum Gasteiger partial charge on any atom is 0.211 e. The number of aromatic nitrogens is 4. The van der Waals surface area contributed by atoms with Crippen molar-refractivity contribution in [3.63, 3.8) is 0 Å². The maximum atomic E-state index is 5.37. The van der Waals surface area contributed by atoms with Crippen molar-refractivity contribution in [2.75, 3.05) is 0 Å². The van der Waals surface area contributed by atoms with Crippen LogP contribution >= 0.6 is 11.8 Å². The SMILES string of the molecule is C#CCn1nnnc1SC(c1ccccc1)c1ccccc1. The van der Waals surface area contributed by atoms with E-state index in [0.29, 0.717) is 6.54 Å². The lowest BCUT2D eigenvalue weighted by molar-refractivity contribution is 0.623. The second-order valence-electron chi connectivity index (χ2n) is 4.64. The van der Waals surface area contributed by atoms with Crippen molar-refractivity contribution < 1.29 is 0 Å². The zero-order chi connectivity index (χ0) is 15.2. The van der Waals surface area contributed by atoms with Gasteiger partial charge in [-0.05, 0) is 21.6 Å². The van der Waals surface area contributed by atoms with Crippen molar-refractivity contribution in [3.8, 4) is 12.3 Å². The molecule has 0 saturated carbocycles. The van der Waals surface area contributed by atoms with Gasteiger partial charge in [0.15, 0.2) is 0 Å². The van der Waals surface area contributed by atoms with E-state index < -0.39 is 0 Å². The topological polar surface area (TPSA) is 43.6 Å². The molecule has 2 aromatic carbocycles. The Balaban J connectivity index is 1.96. The summed E-state index contributed by atoms with van der Waals surface area (Å²) in [5.41, 5.74) is 2.41. The zero-order valence-corrected chi connectivity index (χ0v) is 12.6. The molecular weight excluding hydrogens is 292 g/mol. The summed E-state index contributed by atoms with van der Waals surface area (Å²) >= 11 is 1.60. The standard InChI is InChI=1S/C17H14N4S/c1-2-13-21-17(18-19-20-21)22-16(14-9-5-3-6-10-14)15-11-7-4-8-12-15/h1,3-12,16H,13H2. The van der Waals surface area contributed by atoms with Crippen LogP contribution in [-0.4, -0.2) is 20.2 Å². The van der Waals surface area contributed by atoms with Gasteiger partial charge in [0.25, 0.3) is 0 Å². The second kappa shape index (κ2) is 6.92. The molecular formula is C17H14N4S. The highest BCUT2D eigenvalue weighted by Gasteiger charge is 2.19. The molecule has 0 amide bonds. The number of tetrazole rings is 1. The third kappa shape index (κ3) is 3.18. The van der Waals surface area contributed by atoms with Crippen molar-refractivity contribution in [2.24, 2.45) is 0 Å². The van der Waals surface area contributed by atoms with E-state index in [4.69, 9.17) is 6.42 Å². The van der Waals surface area contributed by atoms with Crippen LogP contribution in [0.2, 0.25) is 0 Å². The zero-order valence-electron chi connectivity index (χ0n) is 11.8. The molecule has 0 aliphatic carbocycles. The van der Waals surface area contributed by atoms with E-state index in [0.717, 1.165) is 5.16 Å². The molecule has 5 heteroatoms. The van der Waals surface area contributed by atoms with Gasteiger partial charge in [0.2, 0.25) is 5.16 Å². The van der Waals surface area contributed by atoms with Gasteiger partial charge in [-0.15, -0.1) is 11.5 Å². The Labute approximate surface area is 133 Å². The minimum absolute atomic E-state index is 0.116. The number of thioether (sulfide) groups is 1. The van der Waals surface area contributed by atoms with E-state index >= 15 is 0 Å². The highest BCUT2D eigenvalue weighted by molar-refractivity contribution is 7.99. The van der Waals surface area contributed by atoms with Crippen LogP contribution in [-0.2, 0) is 6.54 Å². The first-order chi connectivity index (χ1) is 10.9. The highest BCUT2D eigenvalue weighted by atomic mass is 32.2. The maximum absolute atomic E-state index is 5.37. The summed E-state index contributed by atoms with van der Waals surface area (Å²) < 4.78 is 1.64. The molecule has 0 atom stereocenters. The van der Waals surface area contributed by atoms with Crippen LogP contribution in [0.3, 0.4) is 0 Å². The third-order valence-electron chi connectivity index (χ3n) is 3.17. The first-order valence-electron chi connectivity index (χ1n) is 6.84. The molecule has 108 valence electrons. The Hall–Kier alpha value is -2.58. The molecule has 0 radical (unpaired) electrons. The summed E-state index contributed by atoms with van der Waals surface area (Å²) in [6.45, 7) is 0.367. The molecule has 1 heterocycles. The van der Waals surface area contributed by atoms with Gasteiger partial charge < -0.3 is 0 Å². The predicted molar refractivity (Wildman–Crippen MR) is 87.2 cm³/mol. The fourth-order valence-electron chi connectivity index (χ4n) is 2.16. The summed E-state index contributed by atoms with van der Waals surface area (Å²) in [6, 6.07) is 20.6. The Kier molecular flexibility index (Phi) is 4.52. The number of hydrogen-bond donors (Lipinski definition) is 0. The van der Waals surface area contributed by atoms with Crippen LogP contribution in [0.4, 0.5) is 0 Å². The second-order valence-corrected chi connectivity index (χ2v) is 5.71. The minimum Gasteiger partial charge on any atom is -0.208 e. The number of benzene rings is 2. The van der Waals surface area contributed by atoms with E-state index in [1.54, 1.807) is 16.4 Å². The largest absolute Gasteiger partial charge is 0.211 e. The molecule has 1 aromatic heterocycles. The van der Waals surface area contributed by atoms with Crippen molar-refractivity contribution in [1.82, 2.24) is 20.2 Å². The van der Waals surface area contributed by atoms with Crippen molar-refractivity contribution in [2.45, 2.75) is 17.0 Å². The van der Waals surface area contributed by atoms with E-state index in [1.807, 2.05) is 36.4 Å². The van der Waals surface area contributed by atoms with Crippen LogP contribution in [0.1, 0.15) is 16.4 Å². The van der Waals surface area contributed by atoms with E-state index in [2.05, 4.69) is 45.7 Å². The lowest BCUT2D eigenvalue weighted by Gasteiger charge is -2.16. The lowest BCUT2D eigenvalue weighted by Crippen LogP contribution is -2.03. The van der Waals surface area contributed by atoms with E-state index in [9.17, 15) is 0 Å². The van der Waals surface area contributed by atoms with Gasteiger partial charge >= 0.3 is 0 Å². The summed E-state index contributed by atoms with van der Waals surface area (Å²) in [5.74, 6) is 2.57. The van der Waals surface area contributed by atoms with Gasteiger partial charge in [0.05, 0.1) is 5.25 Å². The molecule has 0 saturated heterocycles. The van der Waals surface area contributed by atoms with E-state index in [1.165, 1.54) is 11.1 Å². The number of terminal acetylenes is 1. The minimum atomic E-state index is 0.116. The molecule has 0 bridgehead atoms. The predicted octanol–water partition coefficient (Wildman–Crippen LogP) is 3.19. The molecule has 0 aliphatic heterocycles. The van der Waals surface area contributed by atoms with Crippen molar-refractivity contribution >= 4 is 11.8 Å². The molecule has 0 unspecified atom stereocenters.